The van der Waals surface area contributed by atoms with Crippen LogP contribution in [-0.2, 0) is 0 Å². The van der Waals surface area contributed by atoms with Crippen molar-refractivity contribution in [2.24, 2.45) is 0 Å². The predicted molar refractivity (Wildman–Crippen MR) is 105 cm³/mol. The van der Waals surface area contributed by atoms with E-state index in [1.165, 1.54) is 12.1 Å². The van der Waals surface area contributed by atoms with Gasteiger partial charge in [-0.25, -0.2) is 0 Å². The summed E-state index contributed by atoms with van der Waals surface area (Å²) in [6, 6.07) is 11.3. The summed E-state index contributed by atoms with van der Waals surface area (Å²) < 4.78 is 5.50. The van der Waals surface area contributed by atoms with Crippen molar-refractivity contribution in [1.82, 2.24) is 4.90 Å². The average Bonchev–Trinajstić information content (AvgIpc) is 3.22. The van der Waals surface area contributed by atoms with Gasteiger partial charge in [0.1, 0.15) is 11.4 Å². The third kappa shape index (κ3) is 4.20. The quantitative estimate of drug-likeness (QED) is 0.543. The summed E-state index contributed by atoms with van der Waals surface area (Å²) in [5.74, 6) is 0.763. The molecule has 28 heavy (non-hydrogen) atoms. The Morgan fingerprint density at radius 1 is 1.11 bits per heavy atom. The predicted octanol–water partition coefficient (Wildman–Crippen LogP) is 3.76. The van der Waals surface area contributed by atoms with E-state index in [0.717, 1.165) is 43.3 Å². The third-order valence-corrected chi connectivity index (χ3v) is 4.95. The van der Waals surface area contributed by atoms with Crippen LogP contribution >= 0.6 is 0 Å². The van der Waals surface area contributed by atoms with Gasteiger partial charge in [-0.15, -0.1) is 0 Å². The third-order valence-electron chi connectivity index (χ3n) is 4.95. The molecular formula is C19H22N4O5. The second-order valence-electron chi connectivity index (χ2n) is 6.60. The number of anilines is 1. The number of nitrogens with one attached hydrogen (secondary N) is 1. The summed E-state index contributed by atoms with van der Waals surface area (Å²) >= 11 is 0. The number of rotatable bonds is 8. The molecule has 0 bridgehead atoms. The molecule has 0 spiro atoms. The van der Waals surface area contributed by atoms with Crippen LogP contribution in [0.5, 0.6) is 5.75 Å². The minimum absolute atomic E-state index is 0.0338. The number of para-hydroxylation sites is 1. The van der Waals surface area contributed by atoms with Crippen molar-refractivity contribution in [3.63, 3.8) is 0 Å². The van der Waals surface area contributed by atoms with Crippen LogP contribution in [0.15, 0.2) is 42.5 Å². The number of benzene rings is 2. The Hall–Kier alpha value is -3.20. The Labute approximate surface area is 162 Å². The first-order valence-corrected chi connectivity index (χ1v) is 9.05. The second kappa shape index (κ2) is 8.66. The molecule has 9 nitrogen and oxygen atoms in total. The van der Waals surface area contributed by atoms with E-state index < -0.39 is 9.85 Å². The number of hydrogen-bond donors (Lipinski definition) is 1. The van der Waals surface area contributed by atoms with Gasteiger partial charge in [0.15, 0.2) is 0 Å². The van der Waals surface area contributed by atoms with Gasteiger partial charge in [-0.05, 0) is 38.1 Å². The van der Waals surface area contributed by atoms with Gasteiger partial charge in [0.05, 0.1) is 29.1 Å². The van der Waals surface area contributed by atoms with Crippen LogP contribution in [0.2, 0.25) is 0 Å². The van der Waals surface area contributed by atoms with E-state index >= 15 is 0 Å². The van der Waals surface area contributed by atoms with E-state index in [0.29, 0.717) is 6.54 Å². The molecule has 1 N–H and O–H groups in total. The topological polar surface area (TPSA) is 111 Å². The van der Waals surface area contributed by atoms with Crippen molar-refractivity contribution >= 4 is 17.1 Å². The number of ether oxygens (including phenoxy) is 1. The smallest absolute Gasteiger partial charge is 0.299 e. The monoisotopic (exact) mass is 386 g/mol. The zero-order chi connectivity index (χ0) is 20.1. The van der Waals surface area contributed by atoms with Crippen LogP contribution in [0, 0.1) is 20.2 Å². The van der Waals surface area contributed by atoms with Gasteiger partial charge < -0.3 is 10.1 Å². The molecule has 0 radical (unpaired) electrons. The summed E-state index contributed by atoms with van der Waals surface area (Å²) in [6.07, 6.45) is 2.20. The molecule has 2 aromatic rings. The fourth-order valence-electron chi connectivity index (χ4n) is 3.57. The molecule has 0 aliphatic carbocycles. The maximum Gasteiger partial charge on any atom is 0.299 e. The van der Waals surface area contributed by atoms with Crippen molar-refractivity contribution in [1.29, 1.82) is 0 Å². The largest absolute Gasteiger partial charge is 0.496 e. The molecule has 9 heteroatoms. The van der Waals surface area contributed by atoms with Crippen LogP contribution in [0.3, 0.4) is 0 Å². The van der Waals surface area contributed by atoms with Gasteiger partial charge in [0, 0.05) is 18.2 Å². The van der Waals surface area contributed by atoms with E-state index in [1.807, 2.05) is 24.3 Å². The van der Waals surface area contributed by atoms with Crippen molar-refractivity contribution in [2.45, 2.75) is 18.9 Å². The number of non-ortho nitro benzene ring substituents is 1. The first-order valence-electron chi connectivity index (χ1n) is 9.05. The fraction of sp³-hybridized carbons (Fsp3) is 0.368. The van der Waals surface area contributed by atoms with Gasteiger partial charge in [0.2, 0.25) is 0 Å². The van der Waals surface area contributed by atoms with Crippen LogP contribution < -0.4 is 10.1 Å². The van der Waals surface area contributed by atoms with E-state index in [2.05, 4.69) is 10.2 Å². The molecule has 0 amide bonds. The number of likely N-dealkylation sites (tertiary alicyclic amines) is 1. The van der Waals surface area contributed by atoms with Crippen LogP contribution in [0.25, 0.3) is 0 Å². The minimum atomic E-state index is -0.640. The molecule has 3 rings (SSSR count). The SMILES string of the molecule is COc1ccccc1C(CNc1ccc([N+](=O)[O-])cc1[N+](=O)[O-])N1CCCC1. The van der Waals surface area contributed by atoms with Gasteiger partial charge in [-0.2, -0.15) is 0 Å². The van der Waals surface area contributed by atoms with Crippen molar-refractivity contribution in [3.05, 3.63) is 68.3 Å². The Balaban J connectivity index is 1.88. The first-order chi connectivity index (χ1) is 13.5. The molecular weight excluding hydrogens is 364 g/mol. The number of hydrogen-bond acceptors (Lipinski definition) is 7. The highest BCUT2D eigenvalue weighted by molar-refractivity contribution is 5.65. The van der Waals surface area contributed by atoms with Gasteiger partial charge in [-0.3, -0.25) is 25.1 Å². The highest BCUT2D eigenvalue weighted by atomic mass is 16.6. The maximum absolute atomic E-state index is 11.4. The summed E-state index contributed by atoms with van der Waals surface area (Å²) in [5.41, 5.74) is 0.645. The zero-order valence-corrected chi connectivity index (χ0v) is 15.5. The summed E-state index contributed by atoms with van der Waals surface area (Å²) in [5, 5.41) is 25.4. The molecule has 1 aliphatic heterocycles. The first kappa shape index (κ1) is 19.6. The molecule has 1 atom stereocenters. The average molecular weight is 386 g/mol. The lowest BCUT2D eigenvalue weighted by Crippen LogP contribution is -2.31. The number of nitrogens with zero attached hydrogens (tertiary/aromatic N) is 3. The van der Waals surface area contributed by atoms with Crippen LogP contribution in [0.1, 0.15) is 24.4 Å². The molecule has 1 aliphatic rings. The molecule has 1 saturated heterocycles. The fourth-order valence-corrected chi connectivity index (χ4v) is 3.57. The lowest BCUT2D eigenvalue weighted by atomic mass is 10.0. The van der Waals surface area contributed by atoms with Gasteiger partial charge >= 0.3 is 0 Å². The van der Waals surface area contributed by atoms with Gasteiger partial charge in [-0.1, -0.05) is 18.2 Å². The molecule has 148 valence electrons. The minimum Gasteiger partial charge on any atom is -0.496 e. The standard InChI is InChI=1S/C19H22N4O5/c1-28-19-7-3-2-6-15(19)18(21-10-4-5-11-21)13-20-16-9-8-14(22(24)25)12-17(16)23(26)27/h2-3,6-9,12,18,20H,4-5,10-11,13H2,1H3. The highest BCUT2D eigenvalue weighted by Crippen LogP contribution is 2.34. The lowest BCUT2D eigenvalue weighted by Gasteiger charge is -2.29. The molecule has 1 heterocycles. The Bertz CT molecular complexity index is 867. The van der Waals surface area contributed by atoms with Crippen LogP contribution in [-0.4, -0.2) is 41.5 Å². The summed E-state index contributed by atoms with van der Waals surface area (Å²) in [7, 11) is 1.62. The molecule has 0 saturated carbocycles. The second-order valence-corrected chi connectivity index (χ2v) is 6.60. The Kier molecular flexibility index (Phi) is 6.05. The zero-order valence-electron chi connectivity index (χ0n) is 15.5. The highest BCUT2D eigenvalue weighted by Gasteiger charge is 2.27. The van der Waals surface area contributed by atoms with Gasteiger partial charge in [0.25, 0.3) is 11.4 Å². The molecule has 1 unspecified atom stereocenters. The summed E-state index contributed by atoms with van der Waals surface area (Å²) in [4.78, 5) is 23.4. The van der Waals surface area contributed by atoms with Crippen molar-refractivity contribution in [2.75, 3.05) is 32.1 Å². The number of nitro benzene ring substituents is 2. The molecule has 0 aromatic heterocycles. The molecule has 1 fully saturated rings. The van der Waals surface area contributed by atoms with E-state index in [9.17, 15) is 20.2 Å². The Morgan fingerprint density at radius 2 is 1.82 bits per heavy atom. The Morgan fingerprint density at radius 3 is 2.46 bits per heavy atom. The number of nitro groups is 2. The van der Waals surface area contributed by atoms with E-state index in [-0.39, 0.29) is 23.1 Å². The maximum atomic E-state index is 11.4. The van der Waals surface area contributed by atoms with E-state index in [1.54, 1.807) is 7.11 Å². The summed E-state index contributed by atoms with van der Waals surface area (Å²) in [6.45, 7) is 2.29. The van der Waals surface area contributed by atoms with E-state index in [4.69, 9.17) is 4.74 Å². The number of methoxy groups -OCH3 is 1. The lowest BCUT2D eigenvalue weighted by molar-refractivity contribution is -0.393. The van der Waals surface area contributed by atoms with Crippen molar-refractivity contribution < 1.29 is 14.6 Å². The van der Waals surface area contributed by atoms with Crippen LogP contribution in [0.4, 0.5) is 17.1 Å². The molecule has 2 aromatic carbocycles. The van der Waals surface area contributed by atoms with Crippen molar-refractivity contribution in [3.8, 4) is 5.75 Å². The normalized spacial score (nSPS) is 15.2.